The molecule has 1 aliphatic rings. The van der Waals surface area contributed by atoms with Gasteiger partial charge in [-0.2, -0.15) is 0 Å². The van der Waals surface area contributed by atoms with E-state index in [2.05, 4.69) is 9.97 Å². The third kappa shape index (κ3) is 1.05. The topological polar surface area (TPSA) is 55.0 Å². The lowest BCUT2D eigenvalue weighted by Crippen LogP contribution is -2.22. The first-order chi connectivity index (χ1) is 5.38. The van der Waals surface area contributed by atoms with Crippen LogP contribution in [-0.4, -0.2) is 16.6 Å². The highest BCUT2D eigenvalue weighted by Crippen LogP contribution is 2.07. The predicted octanol–water partition coefficient (Wildman–Crippen LogP) is -0.157. The van der Waals surface area contributed by atoms with E-state index in [9.17, 15) is 4.79 Å². The summed E-state index contributed by atoms with van der Waals surface area (Å²) >= 11 is 0. The summed E-state index contributed by atoms with van der Waals surface area (Å²) in [5, 5.41) is 0. The normalized spacial score (nSPS) is 16.0. The zero-order valence-electron chi connectivity index (χ0n) is 5.96. The first-order valence-electron chi connectivity index (χ1n) is 3.51. The number of hydrogen-bond acceptors (Lipinski definition) is 3. The van der Waals surface area contributed by atoms with Crippen LogP contribution in [0.4, 0.5) is 0 Å². The number of nitrogens with one attached hydrogen (secondary N) is 1. The molecule has 0 unspecified atom stereocenters. The largest absolute Gasteiger partial charge is 0.375 e. The minimum atomic E-state index is -0.0294. The zero-order chi connectivity index (χ0) is 7.68. The molecule has 0 fully saturated rings. The van der Waals surface area contributed by atoms with E-state index in [0.29, 0.717) is 19.6 Å². The molecule has 0 atom stereocenters. The number of ether oxygens (including phenoxy) is 1. The summed E-state index contributed by atoms with van der Waals surface area (Å²) in [6.45, 7) is 1.10. The number of rotatable bonds is 0. The molecule has 11 heavy (non-hydrogen) atoms. The van der Waals surface area contributed by atoms with E-state index < -0.39 is 0 Å². The van der Waals surface area contributed by atoms with Crippen LogP contribution in [-0.2, 0) is 17.8 Å². The number of fused-ring (bicyclic) bond motifs is 1. The average Bonchev–Trinajstić information content (AvgIpc) is 2.06. The molecule has 0 aromatic carbocycles. The van der Waals surface area contributed by atoms with Gasteiger partial charge in [-0.05, 0) is 0 Å². The number of nitrogens with zero attached hydrogens (tertiary/aromatic N) is 1. The molecule has 0 bridgehead atoms. The third-order valence-corrected chi connectivity index (χ3v) is 1.77. The Kier molecular flexibility index (Phi) is 1.47. The Morgan fingerprint density at radius 1 is 1.64 bits per heavy atom. The maximum Gasteiger partial charge on any atom is 0.254 e. The van der Waals surface area contributed by atoms with Gasteiger partial charge in [-0.15, -0.1) is 0 Å². The standard InChI is InChI=1S/C7H8N2O2/c10-7-5-1-2-11-3-6(5)8-4-9-7/h4H,1-3H2,(H,8,9,10). The van der Waals surface area contributed by atoms with E-state index in [4.69, 9.17) is 4.74 Å². The second kappa shape index (κ2) is 2.47. The molecule has 0 spiro atoms. The molecule has 4 nitrogen and oxygen atoms in total. The minimum absolute atomic E-state index is 0.0294. The molecule has 1 N–H and O–H groups in total. The van der Waals surface area contributed by atoms with Crippen molar-refractivity contribution in [3.8, 4) is 0 Å². The highest BCUT2D eigenvalue weighted by Gasteiger charge is 2.12. The summed E-state index contributed by atoms with van der Waals surface area (Å²) in [6.07, 6.45) is 2.09. The van der Waals surface area contributed by atoms with Gasteiger partial charge in [-0.1, -0.05) is 0 Å². The Balaban J connectivity index is 2.58. The van der Waals surface area contributed by atoms with Crippen LogP contribution in [0.25, 0.3) is 0 Å². The van der Waals surface area contributed by atoms with Gasteiger partial charge in [0.05, 0.1) is 25.2 Å². The lowest BCUT2D eigenvalue weighted by molar-refractivity contribution is 0.106. The Hall–Kier alpha value is -1.16. The molecule has 1 aromatic heterocycles. The fourth-order valence-corrected chi connectivity index (χ4v) is 1.19. The summed E-state index contributed by atoms with van der Waals surface area (Å²) in [4.78, 5) is 17.6. The molecule has 1 aliphatic heterocycles. The quantitative estimate of drug-likeness (QED) is 0.562. The highest BCUT2D eigenvalue weighted by atomic mass is 16.5. The predicted molar refractivity (Wildman–Crippen MR) is 38.2 cm³/mol. The van der Waals surface area contributed by atoms with Gasteiger partial charge in [-0.25, -0.2) is 4.98 Å². The van der Waals surface area contributed by atoms with Crippen LogP contribution >= 0.6 is 0 Å². The SMILES string of the molecule is O=c1[nH]cnc2c1CCOC2. The fraction of sp³-hybridized carbons (Fsp3) is 0.429. The number of aromatic nitrogens is 2. The van der Waals surface area contributed by atoms with E-state index in [0.717, 1.165) is 11.3 Å². The molecule has 0 radical (unpaired) electrons. The molecule has 0 amide bonds. The molecular weight excluding hydrogens is 144 g/mol. The van der Waals surface area contributed by atoms with Crippen molar-refractivity contribution < 1.29 is 4.74 Å². The molecule has 0 saturated heterocycles. The van der Waals surface area contributed by atoms with Gasteiger partial charge >= 0.3 is 0 Å². The molecule has 1 aromatic rings. The summed E-state index contributed by atoms with van der Waals surface area (Å²) in [7, 11) is 0. The molecule has 58 valence electrons. The molecule has 0 aliphatic carbocycles. The Morgan fingerprint density at radius 3 is 3.36 bits per heavy atom. The number of H-pyrrole nitrogens is 1. The van der Waals surface area contributed by atoms with Crippen molar-refractivity contribution in [3.63, 3.8) is 0 Å². The summed E-state index contributed by atoms with van der Waals surface area (Å²) < 4.78 is 5.14. The third-order valence-electron chi connectivity index (χ3n) is 1.77. The van der Waals surface area contributed by atoms with Gasteiger partial charge in [0, 0.05) is 12.0 Å². The molecule has 4 heteroatoms. The van der Waals surface area contributed by atoms with E-state index in [-0.39, 0.29) is 5.56 Å². The van der Waals surface area contributed by atoms with Gasteiger partial charge < -0.3 is 9.72 Å². The van der Waals surface area contributed by atoms with Gasteiger partial charge in [-0.3, -0.25) is 4.79 Å². The lowest BCUT2D eigenvalue weighted by atomic mass is 10.1. The van der Waals surface area contributed by atoms with Crippen molar-refractivity contribution >= 4 is 0 Å². The number of hydrogen-bond donors (Lipinski definition) is 1. The number of aromatic amines is 1. The van der Waals surface area contributed by atoms with Crippen LogP contribution in [0.1, 0.15) is 11.3 Å². The van der Waals surface area contributed by atoms with Crippen LogP contribution in [0.3, 0.4) is 0 Å². The van der Waals surface area contributed by atoms with Crippen molar-refractivity contribution in [2.75, 3.05) is 6.61 Å². The van der Waals surface area contributed by atoms with Crippen LogP contribution in [0.2, 0.25) is 0 Å². The van der Waals surface area contributed by atoms with Crippen molar-refractivity contribution in [2.45, 2.75) is 13.0 Å². The molecular formula is C7H8N2O2. The minimum Gasteiger partial charge on any atom is -0.375 e. The summed E-state index contributed by atoms with van der Waals surface area (Å²) in [6, 6.07) is 0. The summed E-state index contributed by atoms with van der Waals surface area (Å²) in [5.41, 5.74) is 1.53. The van der Waals surface area contributed by atoms with E-state index >= 15 is 0 Å². The first kappa shape index (κ1) is 6.54. The van der Waals surface area contributed by atoms with Crippen molar-refractivity contribution in [1.82, 2.24) is 9.97 Å². The Labute approximate surface area is 63.2 Å². The van der Waals surface area contributed by atoms with E-state index in [1.165, 1.54) is 6.33 Å². The van der Waals surface area contributed by atoms with Gasteiger partial charge in [0.2, 0.25) is 0 Å². The van der Waals surface area contributed by atoms with E-state index in [1.807, 2.05) is 0 Å². The van der Waals surface area contributed by atoms with Crippen LogP contribution in [0, 0.1) is 0 Å². The van der Waals surface area contributed by atoms with Crippen LogP contribution in [0.5, 0.6) is 0 Å². The van der Waals surface area contributed by atoms with Crippen molar-refractivity contribution in [2.24, 2.45) is 0 Å². The first-order valence-corrected chi connectivity index (χ1v) is 3.51. The maximum absolute atomic E-state index is 11.1. The highest BCUT2D eigenvalue weighted by molar-refractivity contribution is 5.17. The fourth-order valence-electron chi connectivity index (χ4n) is 1.19. The van der Waals surface area contributed by atoms with Gasteiger partial charge in [0.25, 0.3) is 5.56 Å². The van der Waals surface area contributed by atoms with E-state index in [1.54, 1.807) is 0 Å². The monoisotopic (exact) mass is 152 g/mol. The Bertz CT molecular complexity index is 318. The van der Waals surface area contributed by atoms with Crippen molar-refractivity contribution in [3.05, 3.63) is 27.9 Å². The maximum atomic E-state index is 11.1. The lowest BCUT2D eigenvalue weighted by Gasteiger charge is -2.12. The second-order valence-electron chi connectivity index (χ2n) is 2.46. The van der Waals surface area contributed by atoms with Gasteiger partial charge in [0.15, 0.2) is 0 Å². The molecule has 2 heterocycles. The van der Waals surface area contributed by atoms with Crippen LogP contribution < -0.4 is 5.56 Å². The van der Waals surface area contributed by atoms with Gasteiger partial charge in [0.1, 0.15) is 0 Å². The average molecular weight is 152 g/mol. The van der Waals surface area contributed by atoms with Crippen LogP contribution in [0.15, 0.2) is 11.1 Å². The second-order valence-corrected chi connectivity index (χ2v) is 2.46. The smallest absolute Gasteiger partial charge is 0.254 e. The van der Waals surface area contributed by atoms with Crippen molar-refractivity contribution in [1.29, 1.82) is 0 Å². The molecule has 2 rings (SSSR count). The molecule has 0 saturated carbocycles. The summed E-state index contributed by atoms with van der Waals surface area (Å²) in [5.74, 6) is 0. The Morgan fingerprint density at radius 2 is 2.55 bits per heavy atom. The zero-order valence-corrected chi connectivity index (χ0v) is 5.96.